The average Bonchev–Trinajstić information content (AvgIpc) is 2.66. The van der Waals surface area contributed by atoms with Gasteiger partial charge in [-0.25, -0.2) is 9.59 Å². The summed E-state index contributed by atoms with van der Waals surface area (Å²) in [5.74, 6) is 0.165. The third-order valence-corrected chi connectivity index (χ3v) is 3.80. The number of nitro benzene ring substituents is 1. The molecule has 0 aromatic heterocycles. The number of carbonyl (C=O) groups is 2. The molecule has 0 heterocycles. The molecule has 9 nitrogen and oxygen atoms in total. The molecular weight excluding hydrogens is 390 g/mol. The Kier molecular flexibility index (Phi) is 7.74. The third-order valence-electron chi connectivity index (χ3n) is 3.80. The van der Waals surface area contributed by atoms with Crippen molar-refractivity contribution in [2.75, 3.05) is 6.54 Å². The monoisotopic (exact) mass is 415 g/mol. The van der Waals surface area contributed by atoms with E-state index in [4.69, 9.17) is 9.47 Å². The first kappa shape index (κ1) is 22.7. The summed E-state index contributed by atoms with van der Waals surface area (Å²) in [6.45, 7) is 5.38. The smallest absolute Gasteiger partial charge is 0.412 e. The summed E-state index contributed by atoms with van der Waals surface area (Å²) < 4.78 is 10.4. The Morgan fingerprint density at radius 1 is 1.03 bits per heavy atom. The summed E-state index contributed by atoms with van der Waals surface area (Å²) in [5, 5.41) is 16.0. The van der Waals surface area contributed by atoms with Crippen LogP contribution in [0.4, 0.5) is 15.3 Å². The number of non-ortho nitro benzene ring substituents is 1. The molecule has 0 aliphatic heterocycles. The maximum absolute atomic E-state index is 12.1. The van der Waals surface area contributed by atoms with E-state index in [1.807, 2.05) is 30.3 Å². The summed E-state index contributed by atoms with van der Waals surface area (Å²) in [5.41, 5.74) is 0.222. The highest BCUT2D eigenvalue weighted by Gasteiger charge is 2.20. The lowest BCUT2D eigenvalue weighted by atomic mass is 10.1. The number of nitro groups is 1. The lowest BCUT2D eigenvalue weighted by Gasteiger charge is -2.24. The van der Waals surface area contributed by atoms with Gasteiger partial charge in [-0.3, -0.25) is 10.1 Å². The zero-order chi connectivity index (χ0) is 22.1. The van der Waals surface area contributed by atoms with E-state index >= 15 is 0 Å². The highest BCUT2D eigenvalue weighted by molar-refractivity contribution is 5.71. The maximum Gasteiger partial charge on any atom is 0.412 e. The van der Waals surface area contributed by atoms with E-state index in [0.29, 0.717) is 6.42 Å². The van der Waals surface area contributed by atoms with Crippen LogP contribution in [0.15, 0.2) is 54.6 Å². The Balaban J connectivity index is 1.95. The molecule has 0 aliphatic rings. The number of rotatable bonds is 7. The first-order chi connectivity index (χ1) is 14.1. The van der Waals surface area contributed by atoms with Crippen LogP contribution in [0.5, 0.6) is 5.75 Å². The molecule has 160 valence electrons. The van der Waals surface area contributed by atoms with Gasteiger partial charge in [0.05, 0.1) is 11.0 Å². The van der Waals surface area contributed by atoms with E-state index in [2.05, 4.69) is 10.6 Å². The summed E-state index contributed by atoms with van der Waals surface area (Å²) in [7, 11) is 0. The number of benzene rings is 2. The van der Waals surface area contributed by atoms with Crippen LogP contribution >= 0.6 is 0 Å². The molecule has 30 heavy (non-hydrogen) atoms. The molecule has 2 aromatic carbocycles. The van der Waals surface area contributed by atoms with Gasteiger partial charge in [0.1, 0.15) is 11.4 Å². The first-order valence-corrected chi connectivity index (χ1v) is 9.36. The number of hydrogen-bond donors (Lipinski definition) is 2. The van der Waals surface area contributed by atoms with Crippen molar-refractivity contribution in [2.24, 2.45) is 0 Å². The summed E-state index contributed by atoms with van der Waals surface area (Å²) >= 11 is 0. The fraction of sp³-hybridized carbons (Fsp3) is 0.333. The average molecular weight is 415 g/mol. The Labute approximate surface area is 174 Å². The van der Waals surface area contributed by atoms with Crippen LogP contribution in [0.1, 0.15) is 26.3 Å². The lowest BCUT2D eigenvalue weighted by molar-refractivity contribution is -0.384. The van der Waals surface area contributed by atoms with Crippen LogP contribution in [-0.2, 0) is 11.2 Å². The number of alkyl carbamates (subject to hydrolysis) is 1. The van der Waals surface area contributed by atoms with Crippen LogP contribution in [0.3, 0.4) is 0 Å². The van der Waals surface area contributed by atoms with Gasteiger partial charge in [0.15, 0.2) is 0 Å². The molecule has 0 bridgehead atoms. The number of ether oxygens (including phenoxy) is 2. The number of amides is 2. The van der Waals surface area contributed by atoms with Gasteiger partial charge >= 0.3 is 12.2 Å². The molecule has 0 saturated carbocycles. The Morgan fingerprint density at radius 2 is 1.67 bits per heavy atom. The predicted octanol–water partition coefficient (Wildman–Crippen LogP) is 3.82. The Morgan fingerprint density at radius 3 is 2.23 bits per heavy atom. The summed E-state index contributed by atoms with van der Waals surface area (Å²) in [6.07, 6.45) is -0.861. The van der Waals surface area contributed by atoms with Crippen molar-refractivity contribution < 1.29 is 24.0 Å². The van der Waals surface area contributed by atoms with Crippen molar-refractivity contribution in [3.63, 3.8) is 0 Å². The summed E-state index contributed by atoms with van der Waals surface area (Å²) in [4.78, 5) is 34.4. The van der Waals surface area contributed by atoms with Crippen molar-refractivity contribution in [3.05, 3.63) is 70.3 Å². The van der Waals surface area contributed by atoms with E-state index in [9.17, 15) is 19.7 Å². The quantitative estimate of drug-likeness (QED) is 0.524. The van der Waals surface area contributed by atoms with Crippen LogP contribution in [0.25, 0.3) is 0 Å². The van der Waals surface area contributed by atoms with Gasteiger partial charge in [0.2, 0.25) is 0 Å². The van der Waals surface area contributed by atoms with Crippen molar-refractivity contribution in [2.45, 2.75) is 38.8 Å². The van der Waals surface area contributed by atoms with Gasteiger partial charge < -0.3 is 20.1 Å². The molecule has 2 rings (SSSR count). The van der Waals surface area contributed by atoms with Gasteiger partial charge in [-0.1, -0.05) is 30.3 Å². The van der Waals surface area contributed by atoms with Crippen molar-refractivity contribution in [1.82, 2.24) is 10.6 Å². The Bertz CT molecular complexity index is 863. The van der Waals surface area contributed by atoms with Crippen molar-refractivity contribution in [1.29, 1.82) is 0 Å². The molecule has 2 amide bonds. The van der Waals surface area contributed by atoms with Gasteiger partial charge in [-0.15, -0.1) is 0 Å². The highest BCUT2D eigenvalue weighted by Crippen LogP contribution is 2.17. The molecule has 0 radical (unpaired) electrons. The van der Waals surface area contributed by atoms with Crippen molar-refractivity contribution in [3.8, 4) is 5.75 Å². The second-order valence-corrected chi connectivity index (χ2v) is 7.55. The number of nitrogens with zero attached hydrogens (tertiary/aromatic N) is 1. The lowest BCUT2D eigenvalue weighted by Crippen LogP contribution is -2.47. The normalized spacial score (nSPS) is 11.8. The van der Waals surface area contributed by atoms with E-state index < -0.39 is 28.8 Å². The van der Waals surface area contributed by atoms with Crippen molar-refractivity contribution >= 4 is 17.9 Å². The largest absolute Gasteiger partial charge is 0.444 e. The van der Waals surface area contributed by atoms with Crippen LogP contribution < -0.4 is 15.4 Å². The molecule has 0 fully saturated rings. The maximum atomic E-state index is 12.1. The topological polar surface area (TPSA) is 120 Å². The van der Waals surface area contributed by atoms with E-state index in [-0.39, 0.29) is 18.0 Å². The second kappa shape index (κ2) is 10.2. The predicted molar refractivity (Wildman–Crippen MR) is 110 cm³/mol. The molecular formula is C21H25N3O6. The minimum atomic E-state index is -0.743. The van der Waals surface area contributed by atoms with E-state index in [0.717, 1.165) is 5.56 Å². The summed E-state index contributed by atoms with van der Waals surface area (Å²) in [6, 6.07) is 14.2. The molecule has 1 atom stereocenters. The van der Waals surface area contributed by atoms with Gasteiger partial charge in [0.25, 0.3) is 5.69 Å². The third kappa shape index (κ3) is 8.17. The zero-order valence-electron chi connectivity index (χ0n) is 17.1. The minimum Gasteiger partial charge on any atom is -0.444 e. The highest BCUT2D eigenvalue weighted by atomic mass is 16.6. The van der Waals surface area contributed by atoms with E-state index in [1.54, 1.807) is 20.8 Å². The molecule has 0 spiro atoms. The molecule has 0 saturated heterocycles. The van der Waals surface area contributed by atoms with Gasteiger partial charge in [-0.2, -0.15) is 0 Å². The Hall–Kier alpha value is -3.62. The zero-order valence-corrected chi connectivity index (χ0v) is 17.1. The first-order valence-electron chi connectivity index (χ1n) is 9.36. The molecule has 0 aliphatic carbocycles. The van der Waals surface area contributed by atoms with Gasteiger partial charge in [-0.05, 0) is 44.9 Å². The van der Waals surface area contributed by atoms with Crippen LogP contribution in [-0.4, -0.2) is 35.3 Å². The van der Waals surface area contributed by atoms with Crippen LogP contribution in [0.2, 0.25) is 0 Å². The second-order valence-electron chi connectivity index (χ2n) is 7.55. The van der Waals surface area contributed by atoms with Crippen LogP contribution in [0, 0.1) is 10.1 Å². The molecule has 2 N–H and O–H groups in total. The molecule has 2 aromatic rings. The molecule has 9 heteroatoms. The van der Waals surface area contributed by atoms with Gasteiger partial charge in [0, 0.05) is 18.7 Å². The number of nitrogens with one attached hydrogen (secondary N) is 2. The minimum absolute atomic E-state index is 0.0972. The standard InChI is InChI=1S/C21H25N3O6/c1-21(2,3)30-20(26)23-16(13-15-7-5-4-6-8-15)14-22-19(25)29-18-11-9-17(10-12-18)24(27)28/h4-12,16H,13-14H2,1-3H3,(H,22,25)(H,23,26). The van der Waals surface area contributed by atoms with E-state index in [1.165, 1.54) is 24.3 Å². The fourth-order valence-corrected chi connectivity index (χ4v) is 2.53. The number of hydrogen-bond acceptors (Lipinski definition) is 6. The molecule has 1 unspecified atom stereocenters. The SMILES string of the molecule is CC(C)(C)OC(=O)NC(CNC(=O)Oc1ccc([N+](=O)[O-])cc1)Cc1ccccc1. The number of carbonyl (C=O) groups excluding carboxylic acids is 2. The fourth-order valence-electron chi connectivity index (χ4n) is 2.53.